The van der Waals surface area contributed by atoms with Crippen LogP contribution in [0.1, 0.15) is 15.9 Å². The molecule has 0 aliphatic rings. The van der Waals surface area contributed by atoms with Crippen molar-refractivity contribution in [2.45, 2.75) is 6.42 Å². The van der Waals surface area contributed by atoms with Gasteiger partial charge in [-0.25, -0.2) is 9.79 Å². The largest absolute Gasteiger partial charge is 0.465 e. The molecule has 0 saturated carbocycles. The number of rotatable bonds is 3. The third kappa shape index (κ3) is 3.20. The van der Waals surface area contributed by atoms with Crippen LogP contribution in [0.3, 0.4) is 0 Å². The number of carbonyl (C=O) groups is 2. The number of methoxy groups -OCH3 is 1. The predicted molar refractivity (Wildman–Crippen MR) is 59.2 cm³/mol. The Balaban J connectivity index is 2.72. The normalized spacial score (nSPS) is 10.3. The van der Waals surface area contributed by atoms with Crippen molar-refractivity contribution in [3.8, 4) is 0 Å². The molecular weight excluding hydrogens is 208 g/mol. The highest BCUT2D eigenvalue weighted by molar-refractivity contribution is 5.89. The Bertz CT molecular complexity index is 410. The highest BCUT2D eigenvalue weighted by Crippen LogP contribution is 2.06. The summed E-state index contributed by atoms with van der Waals surface area (Å²) in [5.41, 5.74) is 6.20. The summed E-state index contributed by atoms with van der Waals surface area (Å²) in [5, 5.41) is 0. The second-order valence-electron chi connectivity index (χ2n) is 3.04. The molecule has 1 amide bonds. The molecule has 5 nitrogen and oxygen atoms in total. The molecule has 0 radical (unpaired) electrons. The van der Waals surface area contributed by atoms with Gasteiger partial charge in [0.1, 0.15) is 0 Å². The van der Waals surface area contributed by atoms with E-state index < -0.39 is 5.97 Å². The van der Waals surface area contributed by atoms with Crippen molar-refractivity contribution in [3.05, 3.63) is 35.4 Å². The molecule has 1 aromatic rings. The van der Waals surface area contributed by atoms with Gasteiger partial charge in [-0.1, -0.05) is 12.1 Å². The van der Waals surface area contributed by atoms with E-state index in [1.165, 1.54) is 7.11 Å². The third-order valence-corrected chi connectivity index (χ3v) is 1.95. The molecule has 0 unspecified atom stereocenters. The van der Waals surface area contributed by atoms with Gasteiger partial charge < -0.3 is 10.5 Å². The van der Waals surface area contributed by atoms with Crippen LogP contribution in [0.25, 0.3) is 0 Å². The summed E-state index contributed by atoms with van der Waals surface area (Å²) in [6, 6.07) is 6.55. The molecule has 0 heterocycles. The lowest BCUT2D eigenvalue weighted by Gasteiger charge is -2.00. The minimum Gasteiger partial charge on any atom is -0.465 e. The Morgan fingerprint density at radius 3 is 2.50 bits per heavy atom. The molecule has 2 N–H and O–H groups in total. The summed E-state index contributed by atoms with van der Waals surface area (Å²) in [5.74, 6) is -0.730. The van der Waals surface area contributed by atoms with Crippen LogP contribution in [0.2, 0.25) is 0 Å². The van der Waals surface area contributed by atoms with Crippen LogP contribution in [0.5, 0.6) is 0 Å². The number of aliphatic imine (C=N–C) groups is 1. The molecular formula is C11H12N2O3. The van der Waals surface area contributed by atoms with Gasteiger partial charge in [0.2, 0.25) is 0 Å². The summed E-state index contributed by atoms with van der Waals surface area (Å²) >= 11 is 0. The lowest BCUT2D eigenvalue weighted by atomic mass is 10.1. The molecule has 0 bridgehead atoms. The second-order valence-corrected chi connectivity index (χ2v) is 3.04. The highest BCUT2D eigenvalue weighted by Gasteiger charge is 2.05. The number of hydrogen-bond donors (Lipinski definition) is 1. The van der Waals surface area contributed by atoms with E-state index in [0.29, 0.717) is 5.56 Å². The Morgan fingerprint density at radius 1 is 1.38 bits per heavy atom. The maximum absolute atomic E-state index is 11.1. The number of carbonyl (C=O) groups excluding carboxylic acids is 2. The van der Waals surface area contributed by atoms with Gasteiger partial charge in [0.25, 0.3) is 5.91 Å². The van der Waals surface area contributed by atoms with Crippen LogP contribution < -0.4 is 5.73 Å². The minimum atomic E-state index is -0.405. The molecule has 0 aromatic heterocycles. The van der Waals surface area contributed by atoms with Gasteiger partial charge in [0.15, 0.2) is 0 Å². The van der Waals surface area contributed by atoms with Crippen LogP contribution in [-0.4, -0.2) is 25.3 Å². The van der Waals surface area contributed by atoms with Gasteiger partial charge in [0.05, 0.1) is 25.4 Å². The van der Waals surface area contributed by atoms with E-state index in [-0.39, 0.29) is 12.3 Å². The van der Waals surface area contributed by atoms with Crippen LogP contribution >= 0.6 is 0 Å². The van der Waals surface area contributed by atoms with E-state index in [1.807, 2.05) is 0 Å². The Hall–Kier alpha value is -2.17. The van der Waals surface area contributed by atoms with E-state index >= 15 is 0 Å². The maximum Gasteiger partial charge on any atom is 0.337 e. The molecule has 0 saturated heterocycles. The number of nitrogens with zero attached hydrogens (tertiary/aromatic N) is 1. The number of esters is 1. The molecule has 0 aliphatic heterocycles. The first-order valence-electron chi connectivity index (χ1n) is 4.61. The molecule has 1 rings (SSSR count). The number of hydrogen-bond acceptors (Lipinski definition) is 3. The summed E-state index contributed by atoms with van der Waals surface area (Å²) < 4.78 is 4.55. The third-order valence-electron chi connectivity index (χ3n) is 1.95. The highest BCUT2D eigenvalue weighted by atomic mass is 16.5. The average molecular weight is 220 g/mol. The first-order chi connectivity index (χ1) is 7.67. The van der Waals surface area contributed by atoms with Crippen molar-refractivity contribution in [2.24, 2.45) is 10.7 Å². The smallest absolute Gasteiger partial charge is 0.337 e. The predicted octanol–water partition coefficient (Wildman–Crippen LogP) is 0.529. The summed E-state index contributed by atoms with van der Waals surface area (Å²) in [6.07, 6.45) is 1.13. The number of amides is 1. The van der Waals surface area contributed by atoms with Crippen molar-refractivity contribution in [1.82, 2.24) is 0 Å². The molecule has 0 fully saturated rings. The van der Waals surface area contributed by atoms with Gasteiger partial charge in [-0.2, -0.15) is 0 Å². The lowest BCUT2D eigenvalue weighted by molar-refractivity contribution is -0.117. The number of nitrogens with two attached hydrogens (primary N) is 1. The van der Waals surface area contributed by atoms with Crippen LogP contribution in [0.4, 0.5) is 0 Å². The maximum atomic E-state index is 11.1. The van der Waals surface area contributed by atoms with E-state index in [4.69, 9.17) is 5.73 Å². The number of benzene rings is 1. The first-order valence-corrected chi connectivity index (χ1v) is 4.61. The zero-order chi connectivity index (χ0) is 12.0. The molecule has 5 heteroatoms. The lowest BCUT2D eigenvalue weighted by Crippen LogP contribution is -2.04. The van der Waals surface area contributed by atoms with E-state index in [9.17, 15) is 9.59 Å². The first kappa shape index (κ1) is 11.9. The average Bonchev–Trinajstić information content (AvgIpc) is 2.29. The minimum absolute atomic E-state index is 0.162. The zero-order valence-corrected chi connectivity index (χ0v) is 8.84. The molecule has 0 spiro atoms. The monoisotopic (exact) mass is 220 g/mol. The van der Waals surface area contributed by atoms with Crippen LogP contribution in [-0.2, 0) is 16.0 Å². The second kappa shape index (κ2) is 5.65. The van der Waals surface area contributed by atoms with E-state index in [2.05, 4.69) is 9.73 Å². The van der Waals surface area contributed by atoms with E-state index in [1.54, 1.807) is 24.3 Å². The summed E-state index contributed by atoms with van der Waals surface area (Å²) in [4.78, 5) is 25.7. The summed E-state index contributed by atoms with van der Waals surface area (Å²) in [6.45, 7) is 0. The molecule has 0 aliphatic carbocycles. The molecule has 1 aromatic carbocycles. The topological polar surface area (TPSA) is 81.8 Å². The van der Waals surface area contributed by atoms with Crippen molar-refractivity contribution in [2.75, 3.05) is 7.11 Å². The van der Waals surface area contributed by atoms with Crippen molar-refractivity contribution >= 4 is 18.2 Å². The molecule has 16 heavy (non-hydrogen) atoms. The molecule has 0 atom stereocenters. The molecule has 84 valence electrons. The van der Waals surface area contributed by atoms with Gasteiger partial charge in [-0.15, -0.1) is 0 Å². The number of ether oxygens (including phenoxy) is 1. The van der Waals surface area contributed by atoms with Gasteiger partial charge in [-0.05, 0) is 17.7 Å². The van der Waals surface area contributed by atoms with Crippen LogP contribution in [0.15, 0.2) is 29.3 Å². The fraction of sp³-hybridized carbons (Fsp3) is 0.182. The van der Waals surface area contributed by atoms with Gasteiger partial charge in [-0.3, -0.25) is 4.79 Å². The van der Waals surface area contributed by atoms with Gasteiger partial charge >= 0.3 is 5.97 Å². The Labute approximate surface area is 92.9 Å². The van der Waals surface area contributed by atoms with E-state index in [0.717, 1.165) is 11.9 Å². The fourth-order valence-electron chi connectivity index (χ4n) is 1.18. The Kier molecular flexibility index (Phi) is 4.20. The summed E-state index contributed by atoms with van der Waals surface area (Å²) in [7, 11) is 1.32. The van der Waals surface area contributed by atoms with Crippen molar-refractivity contribution in [3.63, 3.8) is 0 Å². The standard InChI is InChI=1S/C11H12N2O3/c1-16-11(15)9-4-2-8(3-5-9)6-10(14)13-7-12/h2-5,7H,6H2,1H3,(H2,12,13,14). The quantitative estimate of drug-likeness (QED) is 0.457. The van der Waals surface area contributed by atoms with Crippen molar-refractivity contribution in [1.29, 1.82) is 0 Å². The van der Waals surface area contributed by atoms with Crippen LogP contribution in [0, 0.1) is 0 Å². The Morgan fingerprint density at radius 2 is 2.00 bits per heavy atom. The van der Waals surface area contributed by atoms with Gasteiger partial charge in [0, 0.05) is 0 Å². The van der Waals surface area contributed by atoms with Crippen molar-refractivity contribution < 1.29 is 14.3 Å². The fourth-order valence-corrected chi connectivity index (χ4v) is 1.18. The zero-order valence-electron chi connectivity index (χ0n) is 8.84. The SMILES string of the molecule is COC(=O)c1ccc(CC(=O)N=CN)cc1.